The molecule has 0 fully saturated rings. The fourth-order valence-corrected chi connectivity index (χ4v) is 2.97. The Morgan fingerprint density at radius 2 is 1.03 bits per heavy atom. The van der Waals surface area contributed by atoms with Crippen LogP contribution in [0.3, 0.4) is 0 Å². The minimum absolute atomic E-state index is 0.209. The second-order valence-corrected chi connectivity index (χ2v) is 6.93. The predicted molar refractivity (Wildman–Crippen MR) is 115 cm³/mol. The third-order valence-corrected chi connectivity index (χ3v) is 4.66. The summed E-state index contributed by atoms with van der Waals surface area (Å²) in [7, 11) is 0. The Bertz CT molecular complexity index is 920. The number of phenols is 2. The van der Waals surface area contributed by atoms with Crippen molar-refractivity contribution >= 4 is 11.8 Å². The van der Waals surface area contributed by atoms with Gasteiger partial charge in [0.2, 0.25) is 0 Å². The SMILES string of the molecule is O=C(NCCc1ccc(O)cc1)c1cccc(C(=O)NCCc2ccc(O)cc2)c1. The number of nitrogens with one attached hydrogen (secondary N) is 2. The lowest BCUT2D eigenvalue weighted by Gasteiger charge is -2.08. The summed E-state index contributed by atoms with van der Waals surface area (Å²) in [5.74, 6) is -0.0677. The highest BCUT2D eigenvalue weighted by molar-refractivity contribution is 5.99. The zero-order valence-electron chi connectivity index (χ0n) is 16.5. The highest BCUT2D eigenvalue weighted by Crippen LogP contribution is 2.11. The van der Waals surface area contributed by atoms with Crippen molar-refractivity contribution in [3.8, 4) is 11.5 Å². The van der Waals surface area contributed by atoms with Crippen LogP contribution in [0.1, 0.15) is 31.8 Å². The summed E-state index contributed by atoms with van der Waals surface area (Å²) in [6.45, 7) is 0.902. The van der Waals surface area contributed by atoms with Crippen molar-refractivity contribution in [3.63, 3.8) is 0 Å². The Hall–Kier alpha value is -3.80. The summed E-state index contributed by atoms with van der Waals surface area (Å²) in [4.78, 5) is 24.8. The number of carbonyl (C=O) groups is 2. The zero-order valence-corrected chi connectivity index (χ0v) is 16.5. The van der Waals surface area contributed by atoms with Crippen LogP contribution >= 0.6 is 0 Å². The molecule has 0 atom stereocenters. The van der Waals surface area contributed by atoms with Gasteiger partial charge in [0.15, 0.2) is 0 Å². The molecule has 4 N–H and O–H groups in total. The number of hydrogen-bond donors (Lipinski definition) is 4. The van der Waals surface area contributed by atoms with Gasteiger partial charge in [-0.05, 0) is 66.4 Å². The summed E-state index contributed by atoms with van der Waals surface area (Å²) in [6, 6.07) is 20.3. The molecule has 0 aromatic heterocycles. The van der Waals surface area contributed by atoms with E-state index in [-0.39, 0.29) is 23.3 Å². The number of hydrogen-bond acceptors (Lipinski definition) is 4. The fraction of sp³-hybridized carbons (Fsp3) is 0.167. The highest BCUT2D eigenvalue weighted by atomic mass is 16.3. The summed E-state index contributed by atoms with van der Waals surface area (Å²) < 4.78 is 0. The summed E-state index contributed by atoms with van der Waals surface area (Å²) >= 11 is 0. The van der Waals surface area contributed by atoms with Crippen LogP contribution in [0, 0.1) is 0 Å². The predicted octanol–water partition coefficient (Wildman–Crippen LogP) is 3.04. The summed E-state index contributed by atoms with van der Waals surface area (Å²) in [6.07, 6.45) is 1.28. The van der Waals surface area contributed by atoms with Gasteiger partial charge >= 0.3 is 0 Å². The molecule has 0 saturated heterocycles. The Morgan fingerprint density at radius 3 is 1.43 bits per heavy atom. The quantitative estimate of drug-likeness (QED) is 0.464. The van der Waals surface area contributed by atoms with E-state index in [1.807, 2.05) is 24.3 Å². The monoisotopic (exact) mass is 404 g/mol. The van der Waals surface area contributed by atoms with Crippen LogP contribution < -0.4 is 10.6 Å². The molecule has 0 aliphatic rings. The van der Waals surface area contributed by atoms with Crippen molar-refractivity contribution in [1.82, 2.24) is 10.6 Å². The Balaban J connectivity index is 1.48. The standard InChI is InChI=1S/C24H24N2O4/c27-21-8-4-17(5-9-21)12-14-25-23(29)19-2-1-3-20(16-19)24(30)26-15-13-18-6-10-22(28)11-7-18/h1-11,16,27-28H,12-15H2,(H,25,29)(H,26,30). The lowest BCUT2D eigenvalue weighted by Crippen LogP contribution is -2.28. The van der Waals surface area contributed by atoms with Crippen molar-refractivity contribution in [2.45, 2.75) is 12.8 Å². The van der Waals surface area contributed by atoms with E-state index in [1.54, 1.807) is 48.5 Å². The van der Waals surface area contributed by atoms with Gasteiger partial charge in [-0.25, -0.2) is 0 Å². The minimum atomic E-state index is -0.243. The lowest BCUT2D eigenvalue weighted by atomic mass is 10.1. The van der Waals surface area contributed by atoms with Gasteiger partial charge in [0, 0.05) is 24.2 Å². The molecular weight excluding hydrogens is 380 g/mol. The first-order valence-electron chi connectivity index (χ1n) is 9.73. The van der Waals surface area contributed by atoms with Crippen LogP contribution in [-0.2, 0) is 12.8 Å². The molecule has 0 radical (unpaired) electrons. The van der Waals surface area contributed by atoms with Crippen molar-refractivity contribution < 1.29 is 19.8 Å². The van der Waals surface area contributed by atoms with Crippen LogP contribution in [0.25, 0.3) is 0 Å². The largest absolute Gasteiger partial charge is 0.508 e. The molecule has 0 aliphatic carbocycles. The number of carbonyl (C=O) groups excluding carboxylic acids is 2. The topological polar surface area (TPSA) is 98.7 Å². The third kappa shape index (κ3) is 6.10. The van der Waals surface area contributed by atoms with E-state index in [1.165, 1.54) is 0 Å². The van der Waals surface area contributed by atoms with Crippen molar-refractivity contribution in [1.29, 1.82) is 0 Å². The van der Waals surface area contributed by atoms with Crippen LogP contribution in [0.4, 0.5) is 0 Å². The molecular formula is C24H24N2O4. The van der Waals surface area contributed by atoms with Crippen LogP contribution in [0.15, 0.2) is 72.8 Å². The molecule has 0 spiro atoms. The van der Waals surface area contributed by atoms with E-state index >= 15 is 0 Å². The average Bonchev–Trinajstić information content (AvgIpc) is 2.76. The van der Waals surface area contributed by atoms with Gasteiger partial charge in [0.05, 0.1) is 0 Å². The Morgan fingerprint density at radius 1 is 0.633 bits per heavy atom. The molecule has 30 heavy (non-hydrogen) atoms. The number of rotatable bonds is 8. The summed E-state index contributed by atoms with van der Waals surface area (Å²) in [5, 5.41) is 24.3. The second kappa shape index (κ2) is 10.1. The minimum Gasteiger partial charge on any atom is -0.508 e. The smallest absolute Gasteiger partial charge is 0.251 e. The molecule has 0 saturated carbocycles. The van der Waals surface area contributed by atoms with E-state index in [0.717, 1.165) is 11.1 Å². The Labute approximate surface area is 175 Å². The van der Waals surface area contributed by atoms with Gasteiger partial charge in [-0.3, -0.25) is 9.59 Å². The molecule has 0 heterocycles. The van der Waals surface area contributed by atoms with Crippen LogP contribution in [-0.4, -0.2) is 35.1 Å². The van der Waals surface area contributed by atoms with Gasteiger partial charge < -0.3 is 20.8 Å². The molecule has 2 amide bonds. The first-order valence-corrected chi connectivity index (χ1v) is 9.73. The van der Waals surface area contributed by atoms with Crippen LogP contribution in [0.2, 0.25) is 0 Å². The molecule has 154 valence electrons. The first kappa shape index (κ1) is 20.9. The maximum Gasteiger partial charge on any atom is 0.251 e. The summed E-state index contributed by atoms with van der Waals surface area (Å²) in [5.41, 5.74) is 2.86. The average molecular weight is 404 g/mol. The van der Waals surface area contributed by atoms with E-state index in [4.69, 9.17) is 0 Å². The van der Waals surface area contributed by atoms with Gasteiger partial charge in [0.1, 0.15) is 11.5 Å². The maximum absolute atomic E-state index is 12.4. The molecule has 6 heteroatoms. The van der Waals surface area contributed by atoms with Gasteiger partial charge in [-0.2, -0.15) is 0 Å². The fourth-order valence-electron chi connectivity index (χ4n) is 2.97. The highest BCUT2D eigenvalue weighted by Gasteiger charge is 2.10. The van der Waals surface area contributed by atoms with Gasteiger partial charge in [-0.1, -0.05) is 30.3 Å². The molecule has 3 aromatic rings. The zero-order chi connectivity index (χ0) is 21.3. The molecule has 0 unspecified atom stereocenters. The van der Waals surface area contributed by atoms with E-state index in [2.05, 4.69) is 10.6 Å². The maximum atomic E-state index is 12.4. The van der Waals surface area contributed by atoms with Crippen molar-refractivity contribution in [2.24, 2.45) is 0 Å². The van der Waals surface area contributed by atoms with E-state index in [0.29, 0.717) is 37.1 Å². The number of phenolic OH excluding ortho intramolecular Hbond substituents is 2. The van der Waals surface area contributed by atoms with E-state index < -0.39 is 0 Å². The number of aromatic hydroxyl groups is 2. The molecule has 3 aromatic carbocycles. The number of amides is 2. The molecule has 6 nitrogen and oxygen atoms in total. The van der Waals surface area contributed by atoms with Crippen molar-refractivity contribution in [3.05, 3.63) is 95.1 Å². The normalized spacial score (nSPS) is 10.4. The van der Waals surface area contributed by atoms with Gasteiger partial charge in [-0.15, -0.1) is 0 Å². The second-order valence-electron chi connectivity index (χ2n) is 6.93. The lowest BCUT2D eigenvalue weighted by molar-refractivity contribution is 0.0953. The Kier molecular flexibility index (Phi) is 7.05. The third-order valence-electron chi connectivity index (χ3n) is 4.66. The molecule has 0 aliphatic heterocycles. The van der Waals surface area contributed by atoms with Gasteiger partial charge in [0.25, 0.3) is 11.8 Å². The number of benzene rings is 3. The van der Waals surface area contributed by atoms with Crippen LogP contribution in [0.5, 0.6) is 11.5 Å². The first-order chi connectivity index (χ1) is 14.5. The molecule has 0 bridgehead atoms. The van der Waals surface area contributed by atoms with E-state index in [9.17, 15) is 19.8 Å². The molecule has 3 rings (SSSR count). The van der Waals surface area contributed by atoms with Crippen molar-refractivity contribution in [2.75, 3.05) is 13.1 Å².